The molecule has 0 radical (unpaired) electrons. The van der Waals surface area contributed by atoms with Gasteiger partial charge >= 0.3 is 0 Å². The molecule has 0 aliphatic carbocycles. The number of amides is 2. The molecule has 3 heterocycles. The lowest BCUT2D eigenvalue weighted by atomic mass is 10.1. The molecule has 0 saturated carbocycles. The minimum Gasteiger partial charge on any atom is -0.456 e. The largest absolute Gasteiger partial charge is 0.456 e. The normalized spacial score (nSPS) is 16.0. The van der Waals surface area contributed by atoms with E-state index in [9.17, 15) is 14.0 Å². The van der Waals surface area contributed by atoms with Gasteiger partial charge in [0, 0.05) is 29.4 Å². The maximum Gasteiger partial charge on any atom is 0.290 e. The van der Waals surface area contributed by atoms with Crippen molar-refractivity contribution in [3.05, 3.63) is 53.1 Å². The lowest BCUT2D eigenvalue weighted by Gasteiger charge is -2.03. The summed E-state index contributed by atoms with van der Waals surface area (Å²) in [6.45, 7) is 0. The zero-order valence-electron chi connectivity index (χ0n) is 12.6. The van der Waals surface area contributed by atoms with E-state index < -0.39 is 17.0 Å². The molecule has 1 aliphatic heterocycles. The van der Waals surface area contributed by atoms with Crippen molar-refractivity contribution in [2.24, 2.45) is 0 Å². The molecule has 1 aliphatic rings. The van der Waals surface area contributed by atoms with Gasteiger partial charge in [0.05, 0.1) is 10.6 Å². The van der Waals surface area contributed by atoms with Crippen LogP contribution in [0.25, 0.3) is 28.2 Å². The molecule has 3 N–H and O–H groups in total. The summed E-state index contributed by atoms with van der Waals surface area (Å²) in [5.74, 6) is -0.595. The van der Waals surface area contributed by atoms with Gasteiger partial charge in [0.1, 0.15) is 17.2 Å². The number of hydrogen-bond donors (Lipinski definition) is 2. The van der Waals surface area contributed by atoms with Gasteiger partial charge in [0.25, 0.3) is 11.1 Å². The number of pyridine rings is 1. The second kappa shape index (κ2) is 5.75. The molecule has 0 unspecified atom stereocenters. The zero-order valence-corrected chi connectivity index (χ0v) is 13.4. The summed E-state index contributed by atoms with van der Waals surface area (Å²) in [4.78, 5) is 27.2. The van der Waals surface area contributed by atoms with Gasteiger partial charge in [-0.1, -0.05) is 6.07 Å². The van der Waals surface area contributed by atoms with Gasteiger partial charge in [-0.3, -0.25) is 19.9 Å². The van der Waals surface area contributed by atoms with Gasteiger partial charge in [0.2, 0.25) is 0 Å². The fourth-order valence-corrected chi connectivity index (χ4v) is 3.17. The van der Waals surface area contributed by atoms with Crippen molar-refractivity contribution in [3.63, 3.8) is 0 Å². The Morgan fingerprint density at radius 1 is 1.24 bits per heavy atom. The monoisotopic (exact) mass is 355 g/mol. The topological polar surface area (TPSA) is 98.2 Å². The number of anilines is 1. The third-order valence-corrected chi connectivity index (χ3v) is 4.48. The summed E-state index contributed by atoms with van der Waals surface area (Å²) >= 11 is 0.805. The third kappa shape index (κ3) is 2.76. The first-order chi connectivity index (χ1) is 12.0. The highest BCUT2D eigenvalue weighted by Gasteiger charge is 2.25. The van der Waals surface area contributed by atoms with Crippen molar-refractivity contribution in [1.29, 1.82) is 0 Å². The van der Waals surface area contributed by atoms with Crippen LogP contribution >= 0.6 is 11.8 Å². The average Bonchev–Trinajstić information content (AvgIpc) is 3.12. The fourth-order valence-electron chi connectivity index (χ4n) is 2.50. The van der Waals surface area contributed by atoms with Crippen molar-refractivity contribution in [3.8, 4) is 11.1 Å². The summed E-state index contributed by atoms with van der Waals surface area (Å²) in [6.07, 6.45) is 4.65. The molecule has 124 valence electrons. The molecule has 25 heavy (non-hydrogen) atoms. The minimum atomic E-state index is -0.527. The predicted molar refractivity (Wildman–Crippen MR) is 92.9 cm³/mol. The molecule has 1 fully saturated rings. The molecular formula is C17H10FN3O3S. The molecule has 0 atom stereocenters. The highest BCUT2D eigenvalue weighted by atomic mass is 32.2. The zero-order chi connectivity index (χ0) is 17.6. The van der Waals surface area contributed by atoms with Gasteiger partial charge in [-0.15, -0.1) is 0 Å². The van der Waals surface area contributed by atoms with Crippen molar-refractivity contribution in [2.45, 2.75) is 0 Å². The van der Waals surface area contributed by atoms with Crippen LogP contribution in [0, 0.1) is 5.82 Å². The van der Waals surface area contributed by atoms with Gasteiger partial charge in [-0.05, 0) is 35.5 Å². The molecule has 1 aromatic carbocycles. The summed E-state index contributed by atoms with van der Waals surface area (Å²) in [5.41, 5.74) is 7.24. The Labute approximate surface area is 144 Å². The third-order valence-electron chi connectivity index (χ3n) is 3.67. The summed E-state index contributed by atoms with van der Waals surface area (Å²) in [6, 6.07) is 6.16. The minimum absolute atomic E-state index is 0.0580. The number of carbonyl (C=O) groups is 2. The molecule has 1 saturated heterocycles. The maximum atomic E-state index is 13.8. The number of imide groups is 1. The van der Waals surface area contributed by atoms with Crippen molar-refractivity contribution >= 4 is 45.6 Å². The van der Waals surface area contributed by atoms with Crippen LogP contribution < -0.4 is 11.1 Å². The van der Waals surface area contributed by atoms with E-state index in [0.717, 1.165) is 11.8 Å². The van der Waals surface area contributed by atoms with Crippen molar-refractivity contribution in [2.75, 3.05) is 5.73 Å². The Hall–Kier alpha value is -3.13. The summed E-state index contributed by atoms with van der Waals surface area (Å²) < 4.78 is 19.6. The molecule has 3 aromatic rings. The van der Waals surface area contributed by atoms with Crippen molar-refractivity contribution < 1.29 is 18.4 Å². The second-order valence-electron chi connectivity index (χ2n) is 5.34. The number of hydrogen-bond acceptors (Lipinski definition) is 6. The molecule has 4 rings (SSSR count). The number of benzene rings is 1. The number of furan rings is 1. The number of nitrogen functional groups attached to an aromatic ring is 1. The number of fused-ring (bicyclic) bond motifs is 1. The van der Waals surface area contributed by atoms with Crippen LogP contribution in [0.5, 0.6) is 0 Å². The average molecular weight is 355 g/mol. The highest BCUT2D eigenvalue weighted by molar-refractivity contribution is 8.18. The van der Waals surface area contributed by atoms with E-state index >= 15 is 0 Å². The molecular weight excluding hydrogens is 345 g/mol. The highest BCUT2D eigenvalue weighted by Crippen LogP contribution is 2.33. The summed E-state index contributed by atoms with van der Waals surface area (Å²) in [5, 5.41) is 2.45. The van der Waals surface area contributed by atoms with E-state index in [1.807, 2.05) is 0 Å². The lowest BCUT2D eigenvalue weighted by Crippen LogP contribution is -2.17. The quantitative estimate of drug-likeness (QED) is 0.539. The van der Waals surface area contributed by atoms with E-state index in [4.69, 9.17) is 10.2 Å². The van der Waals surface area contributed by atoms with E-state index in [0.29, 0.717) is 27.9 Å². The maximum absolute atomic E-state index is 13.8. The van der Waals surface area contributed by atoms with E-state index in [2.05, 4.69) is 10.3 Å². The molecule has 6 nitrogen and oxygen atoms in total. The second-order valence-corrected chi connectivity index (χ2v) is 6.36. The number of carbonyl (C=O) groups excluding carboxylic acids is 2. The van der Waals surface area contributed by atoms with Crippen LogP contribution in [0.2, 0.25) is 0 Å². The Morgan fingerprint density at radius 3 is 2.80 bits per heavy atom. The smallest absolute Gasteiger partial charge is 0.290 e. The number of nitrogens with two attached hydrogens (primary N) is 1. The van der Waals surface area contributed by atoms with Crippen LogP contribution in [-0.2, 0) is 4.79 Å². The fraction of sp³-hybridized carbons (Fsp3) is 0. The molecule has 0 bridgehead atoms. The van der Waals surface area contributed by atoms with Crippen LogP contribution in [0.15, 0.2) is 46.0 Å². The Balaban J connectivity index is 1.81. The number of thioether (sulfide) groups is 1. The van der Waals surface area contributed by atoms with Gasteiger partial charge < -0.3 is 10.2 Å². The molecule has 2 amide bonds. The number of nitrogens with zero attached hydrogens (tertiary/aromatic N) is 1. The van der Waals surface area contributed by atoms with E-state index in [1.54, 1.807) is 24.5 Å². The lowest BCUT2D eigenvalue weighted by molar-refractivity contribution is -0.115. The van der Waals surface area contributed by atoms with Crippen molar-refractivity contribution in [1.82, 2.24) is 10.3 Å². The summed E-state index contributed by atoms with van der Waals surface area (Å²) in [7, 11) is 0. The first-order valence-electron chi connectivity index (χ1n) is 7.19. The van der Waals surface area contributed by atoms with Crippen LogP contribution in [0.3, 0.4) is 0 Å². The van der Waals surface area contributed by atoms with Crippen LogP contribution in [0.1, 0.15) is 5.76 Å². The van der Waals surface area contributed by atoms with Crippen LogP contribution in [-0.4, -0.2) is 16.1 Å². The Morgan fingerprint density at radius 2 is 2.08 bits per heavy atom. The number of aromatic nitrogens is 1. The first-order valence-corrected chi connectivity index (χ1v) is 8.01. The van der Waals surface area contributed by atoms with Gasteiger partial charge in [-0.2, -0.15) is 0 Å². The first kappa shape index (κ1) is 15.4. The number of rotatable bonds is 2. The molecule has 8 heteroatoms. The van der Waals surface area contributed by atoms with Gasteiger partial charge in [-0.25, -0.2) is 4.39 Å². The van der Waals surface area contributed by atoms with Gasteiger partial charge in [0.15, 0.2) is 0 Å². The molecule has 0 spiro atoms. The van der Waals surface area contributed by atoms with Crippen LogP contribution in [0.4, 0.5) is 14.9 Å². The standard InChI is InChI=1S/C17H10FN3O3S/c18-12-4-8(1-2-13(12)19)11-7-20-6-9-3-10(24-15(9)11)5-14-16(22)21-17(23)25-14/h1-7H,19H2,(H,21,22,23). The van der Waals surface area contributed by atoms with E-state index in [-0.39, 0.29) is 10.6 Å². The molecule has 2 aromatic heterocycles. The number of nitrogens with one attached hydrogen (secondary N) is 1. The Kier molecular flexibility index (Phi) is 3.54. The predicted octanol–water partition coefficient (Wildman–Crippen LogP) is 3.54. The number of halogens is 1. The SMILES string of the molecule is Nc1ccc(-c2cncc3cc(C=C4SC(=O)NC4=O)oc23)cc1F. The Bertz CT molecular complexity index is 1070. The van der Waals surface area contributed by atoms with E-state index in [1.165, 1.54) is 18.2 Å².